The molecule has 0 aliphatic heterocycles. The van der Waals surface area contributed by atoms with E-state index in [9.17, 15) is 0 Å². The molecule has 0 saturated carbocycles. The standard InChI is InChI=1S/C11H21N3O2/c1-9-11(16-10(2)14-9)8-13-5-4-12-6-7-15-3/h12-13H,4-8H2,1-3H3. The van der Waals surface area contributed by atoms with E-state index in [2.05, 4.69) is 15.6 Å². The third-order valence-electron chi connectivity index (χ3n) is 2.25. The van der Waals surface area contributed by atoms with Crippen molar-refractivity contribution in [3.63, 3.8) is 0 Å². The van der Waals surface area contributed by atoms with Crippen LogP contribution >= 0.6 is 0 Å². The lowest BCUT2D eigenvalue weighted by atomic mass is 10.3. The minimum Gasteiger partial charge on any atom is -0.444 e. The van der Waals surface area contributed by atoms with Crippen LogP contribution in [-0.2, 0) is 11.3 Å². The van der Waals surface area contributed by atoms with Crippen molar-refractivity contribution in [3.8, 4) is 0 Å². The van der Waals surface area contributed by atoms with Crippen LogP contribution in [0.4, 0.5) is 0 Å². The molecule has 2 N–H and O–H groups in total. The SMILES string of the molecule is COCCNCCNCc1oc(C)nc1C. The van der Waals surface area contributed by atoms with Gasteiger partial charge in [0.25, 0.3) is 0 Å². The summed E-state index contributed by atoms with van der Waals surface area (Å²) in [6, 6.07) is 0. The van der Waals surface area contributed by atoms with Crippen LogP contribution < -0.4 is 10.6 Å². The van der Waals surface area contributed by atoms with Crippen LogP contribution in [0.25, 0.3) is 0 Å². The van der Waals surface area contributed by atoms with Crippen molar-refractivity contribution in [1.29, 1.82) is 0 Å². The van der Waals surface area contributed by atoms with Gasteiger partial charge in [0.2, 0.25) is 0 Å². The summed E-state index contributed by atoms with van der Waals surface area (Å²) < 4.78 is 10.4. The molecule has 1 heterocycles. The summed E-state index contributed by atoms with van der Waals surface area (Å²) >= 11 is 0. The number of oxazole rings is 1. The van der Waals surface area contributed by atoms with E-state index >= 15 is 0 Å². The predicted molar refractivity (Wildman–Crippen MR) is 62.4 cm³/mol. The highest BCUT2D eigenvalue weighted by Gasteiger charge is 2.04. The number of hydrogen-bond acceptors (Lipinski definition) is 5. The molecule has 0 aliphatic rings. The predicted octanol–water partition coefficient (Wildman–Crippen LogP) is 0.617. The number of aryl methyl sites for hydroxylation is 2. The molecule has 5 heteroatoms. The average molecular weight is 227 g/mol. The van der Waals surface area contributed by atoms with Gasteiger partial charge < -0.3 is 19.8 Å². The third-order valence-corrected chi connectivity index (χ3v) is 2.25. The quantitative estimate of drug-likeness (QED) is 0.637. The fourth-order valence-corrected chi connectivity index (χ4v) is 1.42. The molecule has 0 spiro atoms. The number of methoxy groups -OCH3 is 1. The Morgan fingerprint density at radius 3 is 2.56 bits per heavy atom. The highest BCUT2D eigenvalue weighted by atomic mass is 16.5. The molecule has 0 aromatic carbocycles. The molecule has 0 amide bonds. The van der Waals surface area contributed by atoms with Crippen LogP contribution in [0.15, 0.2) is 4.42 Å². The zero-order valence-corrected chi connectivity index (χ0v) is 10.3. The number of nitrogens with one attached hydrogen (secondary N) is 2. The molecule has 1 aromatic rings. The first kappa shape index (κ1) is 13.2. The molecule has 1 aromatic heterocycles. The van der Waals surface area contributed by atoms with Crippen LogP contribution in [0.2, 0.25) is 0 Å². The molecular formula is C11H21N3O2. The third kappa shape index (κ3) is 4.74. The zero-order valence-electron chi connectivity index (χ0n) is 10.3. The minimum atomic E-state index is 0.729. The Labute approximate surface area is 96.6 Å². The second-order valence-electron chi connectivity index (χ2n) is 3.66. The number of hydrogen-bond donors (Lipinski definition) is 2. The van der Waals surface area contributed by atoms with Gasteiger partial charge in [0.1, 0.15) is 5.76 Å². The fraction of sp³-hybridized carbons (Fsp3) is 0.727. The largest absolute Gasteiger partial charge is 0.444 e. The average Bonchev–Trinajstić information content (AvgIpc) is 2.56. The van der Waals surface area contributed by atoms with E-state index < -0.39 is 0 Å². The molecule has 0 aliphatic carbocycles. The second kappa shape index (κ2) is 7.38. The highest BCUT2D eigenvalue weighted by molar-refractivity contribution is 5.06. The molecule has 0 radical (unpaired) electrons. The Kier molecular flexibility index (Phi) is 6.07. The van der Waals surface area contributed by atoms with Gasteiger partial charge in [-0.1, -0.05) is 0 Å². The first-order valence-corrected chi connectivity index (χ1v) is 5.57. The summed E-state index contributed by atoms with van der Waals surface area (Å²) in [6.07, 6.45) is 0. The summed E-state index contributed by atoms with van der Waals surface area (Å²) in [5.74, 6) is 1.65. The smallest absolute Gasteiger partial charge is 0.191 e. The van der Waals surface area contributed by atoms with Crippen LogP contribution in [0, 0.1) is 13.8 Å². The Morgan fingerprint density at radius 2 is 1.94 bits per heavy atom. The Hall–Kier alpha value is -0.910. The Balaban J connectivity index is 2.05. The molecule has 0 unspecified atom stereocenters. The summed E-state index contributed by atoms with van der Waals surface area (Å²) in [4.78, 5) is 4.21. The number of nitrogens with zero attached hydrogens (tertiary/aromatic N) is 1. The van der Waals surface area contributed by atoms with Crippen LogP contribution in [-0.4, -0.2) is 38.3 Å². The second-order valence-corrected chi connectivity index (χ2v) is 3.66. The molecule has 0 saturated heterocycles. The van der Waals surface area contributed by atoms with E-state index in [1.165, 1.54) is 0 Å². The maximum atomic E-state index is 5.45. The normalized spacial score (nSPS) is 10.9. The van der Waals surface area contributed by atoms with E-state index in [0.29, 0.717) is 0 Å². The molecule has 0 atom stereocenters. The van der Waals surface area contributed by atoms with Gasteiger partial charge in [0.05, 0.1) is 18.8 Å². The highest BCUT2D eigenvalue weighted by Crippen LogP contribution is 2.07. The number of rotatable bonds is 8. The van der Waals surface area contributed by atoms with Crippen LogP contribution in [0.1, 0.15) is 17.3 Å². The minimum absolute atomic E-state index is 0.729. The summed E-state index contributed by atoms with van der Waals surface area (Å²) in [7, 11) is 1.70. The lowest BCUT2D eigenvalue weighted by molar-refractivity contribution is 0.199. The van der Waals surface area contributed by atoms with Gasteiger partial charge in [-0.05, 0) is 6.92 Å². The van der Waals surface area contributed by atoms with E-state index in [4.69, 9.17) is 9.15 Å². The molecular weight excluding hydrogens is 206 g/mol. The Morgan fingerprint density at radius 1 is 1.19 bits per heavy atom. The molecule has 0 bridgehead atoms. The van der Waals surface area contributed by atoms with E-state index in [0.717, 1.165) is 50.1 Å². The summed E-state index contributed by atoms with van der Waals surface area (Å²) in [5.41, 5.74) is 0.970. The van der Waals surface area contributed by atoms with Crippen molar-refractivity contribution in [2.75, 3.05) is 33.4 Å². The molecule has 92 valence electrons. The molecule has 5 nitrogen and oxygen atoms in total. The Bertz CT molecular complexity index is 299. The lowest BCUT2D eigenvalue weighted by Gasteiger charge is -2.04. The van der Waals surface area contributed by atoms with E-state index in [1.54, 1.807) is 7.11 Å². The van der Waals surface area contributed by atoms with Crippen molar-refractivity contribution >= 4 is 0 Å². The van der Waals surface area contributed by atoms with Crippen LogP contribution in [0.3, 0.4) is 0 Å². The van der Waals surface area contributed by atoms with Gasteiger partial charge in [0.15, 0.2) is 5.89 Å². The van der Waals surface area contributed by atoms with Crippen molar-refractivity contribution in [2.45, 2.75) is 20.4 Å². The summed E-state index contributed by atoms with van der Waals surface area (Å²) in [6.45, 7) is 8.03. The first-order valence-electron chi connectivity index (χ1n) is 5.57. The van der Waals surface area contributed by atoms with Crippen molar-refractivity contribution in [3.05, 3.63) is 17.3 Å². The van der Waals surface area contributed by atoms with Crippen molar-refractivity contribution < 1.29 is 9.15 Å². The zero-order chi connectivity index (χ0) is 11.8. The van der Waals surface area contributed by atoms with Crippen molar-refractivity contribution in [1.82, 2.24) is 15.6 Å². The summed E-state index contributed by atoms with van der Waals surface area (Å²) in [5, 5.41) is 6.55. The number of ether oxygens (including phenoxy) is 1. The molecule has 0 fully saturated rings. The number of aromatic nitrogens is 1. The van der Waals surface area contributed by atoms with Gasteiger partial charge in [-0.15, -0.1) is 0 Å². The lowest BCUT2D eigenvalue weighted by Crippen LogP contribution is -2.29. The van der Waals surface area contributed by atoms with Gasteiger partial charge in [-0.3, -0.25) is 0 Å². The fourth-order valence-electron chi connectivity index (χ4n) is 1.42. The van der Waals surface area contributed by atoms with Gasteiger partial charge >= 0.3 is 0 Å². The van der Waals surface area contributed by atoms with Gasteiger partial charge in [0, 0.05) is 33.7 Å². The maximum Gasteiger partial charge on any atom is 0.191 e. The van der Waals surface area contributed by atoms with Crippen molar-refractivity contribution in [2.24, 2.45) is 0 Å². The monoisotopic (exact) mass is 227 g/mol. The first-order chi connectivity index (χ1) is 7.74. The van der Waals surface area contributed by atoms with Gasteiger partial charge in [-0.2, -0.15) is 0 Å². The van der Waals surface area contributed by atoms with Gasteiger partial charge in [-0.25, -0.2) is 4.98 Å². The maximum absolute atomic E-state index is 5.45. The molecule has 1 rings (SSSR count). The molecule has 16 heavy (non-hydrogen) atoms. The topological polar surface area (TPSA) is 59.3 Å². The van der Waals surface area contributed by atoms with Crippen LogP contribution in [0.5, 0.6) is 0 Å². The van der Waals surface area contributed by atoms with E-state index in [1.807, 2.05) is 13.8 Å². The van der Waals surface area contributed by atoms with E-state index in [-0.39, 0.29) is 0 Å².